The summed E-state index contributed by atoms with van der Waals surface area (Å²) in [5.74, 6) is -2.90. The molecule has 162 valence electrons. The van der Waals surface area contributed by atoms with Gasteiger partial charge in [-0.25, -0.2) is 9.78 Å². The van der Waals surface area contributed by atoms with Gasteiger partial charge in [-0.05, 0) is 12.8 Å². The Morgan fingerprint density at radius 3 is 2.81 bits per heavy atom. The van der Waals surface area contributed by atoms with Crippen LogP contribution in [-0.2, 0) is 14.4 Å². The Bertz CT molecular complexity index is 1150. The second kappa shape index (κ2) is 8.41. The maximum Gasteiger partial charge on any atom is 0.353 e. The van der Waals surface area contributed by atoms with Crippen LogP contribution in [0.5, 0.6) is 0 Å². The first-order valence-corrected chi connectivity index (χ1v) is 11.3. The lowest BCUT2D eigenvalue weighted by Crippen LogP contribution is -2.72. The van der Waals surface area contributed by atoms with E-state index >= 15 is 0 Å². The van der Waals surface area contributed by atoms with E-state index in [1.54, 1.807) is 0 Å². The fraction of sp³-hybridized carbons (Fsp3) is 0.267. The monoisotopic (exact) mass is 501 g/mol. The Hall–Kier alpha value is -2.75. The van der Waals surface area contributed by atoms with Gasteiger partial charge in [-0.2, -0.15) is 9.36 Å². The number of halogens is 1. The van der Waals surface area contributed by atoms with Crippen LogP contribution in [-0.4, -0.2) is 65.1 Å². The second-order valence-electron chi connectivity index (χ2n) is 6.28. The van der Waals surface area contributed by atoms with Crippen LogP contribution in [0.3, 0.4) is 0 Å². The molecular weight excluding hydrogens is 490 g/mol. The van der Waals surface area contributed by atoms with Crippen LogP contribution < -0.4 is 11.1 Å². The van der Waals surface area contributed by atoms with Crippen LogP contribution in [0, 0.1) is 0 Å². The second-order valence-corrected chi connectivity index (χ2v) is 10.1. The fourth-order valence-electron chi connectivity index (χ4n) is 3.25. The van der Waals surface area contributed by atoms with Crippen LogP contribution in [0.4, 0.5) is 5.13 Å². The fourth-order valence-corrected chi connectivity index (χ4v) is 6.03. The first-order valence-electron chi connectivity index (χ1n) is 8.51. The van der Waals surface area contributed by atoms with Crippen LogP contribution in [0.2, 0.25) is 4.34 Å². The number of carboxylic acid groups (broad SMARTS) is 1. The van der Waals surface area contributed by atoms with Crippen molar-refractivity contribution in [3.05, 3.63) is 27.0 Å². The number of fused-ring (bicyclic) bond motifs is 1. The quantitative estimate of drug-likeness (QED) is 0.192. The van der Waals surface area contributed by atoms with Gasteiger partial charge < -0.3 is 21.4 Å². The van der Waals surface area contributed by atoms with Crippen molar-refractivity contribution in [1.82, 2.24) is 24.6 Å². The summed E-state index contributed by atoms with van der Waals surface area (Å²) in [5, 5.41) is 24.3. The lowest BCUT2D eigenvalue weighted by Gasteiger charge is -2.49. The first kappa shape index (κ1) is 21.5. The van der Waals surface area contributed by atoms with Crippen molar-refractivity contribution in [2.45, 2.75) is 29.3 Å². The number of amides is 2. The topological polar surface area (TPSA) is 184 Å². The predicted molar refractivity (Wildman–Crippen MR) is 112 cm³/mol. The van der Waals surface area contributed by atoms with Crippen molar-refractivity contribution in [3.63, 3.8) is 0 Å². The summed E-state index contributed by atoms with van der Waals surface area (Å²) in [7, 11) is 0. The van der Waals surface area contributed by atoms with E-state index in [1.807, 2.05) is 0 Å². The van der Waals surface area contributed by atoms with Gasteiger partial charge in [-0.3, -0.25) is 14.5 Å². The van der Waals surface area contributed by atoms with E-state index in [4.69, 9.17) is 22.5 Å². The average molecular weight is 502 g/mol. The molecule has 4 rings (SSSR count). The molecule has 0 radical (unpaired) electrons. The molecule has 0 bridgehead atoms. The number of anilines is 1. The summed E-state index contributed by atoms with van der Waals surface area (Å²) in [5.41, 5.74) is 4.83. The number of hydrogen-bond donors (Lipinski definition) is 4. The maximum absolute atomic E-state index is 12.7. The average Bonchev–Trinajstić information content (AvgIpc) is 3.34. The van der Waals surface area contributed by atoms with Crippen LogP contribution >= 0.6 is 46.2 Å². The third kappa shape index (κ3) is 3.96. The Morgan fingerprint density at radius 1 is 1.45 bits per heavy atom. The number of hydrogen-bond acceptors (Lipinski definition) is 12. The minimum atomic E-state index is -1.26. The molecule has 31 heavy (non-hydrogen) atoms. The molecule has 2 atom stereocenters. The third-order valence-corrected chi connectivity index (χ3v) is 7.39. The number of carbonyl (C=O) groups is 3. The standard InChI is InChI=1S/C15H12ClN7O5S3/c16-6-3-18-15(30-6)29-5-2-1-4-7(12(25)23(4)9(5)13(26)27)19-11(24)8(21-28)10-20-14(17)31-22-10/h3-4,7,28H,1-2H2,(H,19,24)(H,26,27)(H2,17,20,22)/b21-8-/t4?,7-/m0/s1. The van der Waals surface area contributed by atoms with Gasteiger partial charge in [-0.15, -0.1) is 0 Å². The summed E-state index contributed by atoms with van der Waals surface area (Å²) in [6, 6.07) is -1.53. The van der Waals surface area contributed by atoms with Crippen molar-refractivity contribution in [2.24, 2.45) is 5.16 Å². The molecule has 4 heterocycles. The minimum Gasteiger partial charge on any atom is -0.477 e. The van der Waals surface area contributed by atoms with E-state index in [-0.39, 0.29) is 16.7 Å². The lowest BCUT2D eigenvalue weighted by molar-refractivity contribution is -0.155. The van der Waals surface area contributed by atoms with Gasteiger partial charge in [0, 0.05) is 16.4 Å². The molecule has 0 aromatic carbocycles. The Balaban J connectivity index is 1.52. The van der Waals surface area contributed by atoms with Crippen molar-refractivity contribution in [2.75, 3.05) is 5.73 Å². The van der Waals surface area contributed by atoms with Crippen molar-refractivity contribution in [1.29, 1.82) is 0 Å². The summed E-state index contributed by atoms with van der Waals surface area (Å²) in [6.07, 6.45) is 2.25. The molecule has 0 spiro atoms. The number of aromatic nitrogens is 3. The number of thioether (sulfide) groups is 1. The van der Waals surface area contributed by atoms with Gasteiger partial charge in [0.2, 0.25) is 11.5 Å². The number of nitrogens with one attached hydrogen (secondary N) is 1. The largest absolute Gasteiger partial charge is 0.477 e. The van der Waals surface area contributed by atoms with Crippen LogP contribution in [0.25, 0.3) is 0 Å². The zero-order valence-corrected chi connectivity index (χ0v) is 18.4. The highest BCUT2D eigenvalue weighted by molar-refractivity contribution is 8.04. The molecule has 2 amide bonds. The number of rotatable bonds is 6. The summed E-state index contributed by atoms with van der Waals surface area (Å²) < 4.78 is 4.83. The van der Waals surface area contributed by atoms with E-state index in [9.17, 15) is 19.5 Å². The molecule has 1 unspecified atom stereocenters. The van der Waals surface area contributed by atoms with E-state index in [0.29, 0.717) is 26.4 Å². The third-order valence-electron chi connectivity index (χ3n) is 4.52. The number of carboxylic acids is 1. The minimum absolute atomic E-state index is 0.0740. The number of nitrogens with zero attached hydrogens (tertiary/aromatic N) is 5. The van der Waals surface area contributed by atoms with Gasteiger partial charge in [0.25, 0.3) is 11.8 Å². The molecule has 5 N–H and O–H groups in total. The first-order chi connectivity index (χ1) is 14.8. The number of allylic oxidation sites excluding steroid dienone is 1. The maximum atomic E-state index is 12.7. The lowest BCUT2D eigenvalue weighted by atomic mass is 9.86. The van der Waals surface area contributed by atoms with E-state index in [1.165, 1.54) is 17.5 Å². The van der Waals surface area contributed by atoms with E-state index < -0.39 is 35.6 Å². The molecule has 12 nitrogen and oxygen atoms in total. The molecule has 2 aromatic heterocycles. The number of thiazole rings is 1. The molecule has 0 aliphatic carbocycles. The predicted octanol–water partition coefficient (Wildman–Crippen LogP) is 0.986. The number of nitrogens with two attached hydrogens (primary N) is 1. The number of carbonyl (C=O) groups excluding carboxylic acids is 2. The van der Waals surface area contributed by atoms with Gasteiger partial charge in [0.15, 0.2) is 9.47 Å². The summed E-state index contributed by atoms with van der Waals surface area (Å²) in [6.45, 7) is 0. The van der Waals surface area contributed by atoms with Crippen LogP contribution in [0.15, 0.2) is 26.3 Å². The molecule has 16 heteroatoms. The Morgan fingerprint density at radius 2 is 2.23 bits per heavy atom. The number of aliphatic carboxylic acids is 1. The zero-order chi connectivity index (χ0) is 22.3. The molecule has 1 fully saturated rings. The van der Waals surface area contributed by atoms with Crippen LogP contribution in [0.1, 0.15) is 18.7 Å². The molecular formula is C15H12ClN7O5S3. The number of nitrogen functional groups attached to an aromatic ring is 1. The number of oxime groups is 1. The highest BCUT2D eigenvalue weighted by Crippen LogP contribution is 2.44. The van der Waals surface area contributed by atoms with Gasteiger partial charge in [-0.1, -0.05) is 39.9 Å². The summed E-state index contributed by atoms with van der Waals surface area (Å²) in [4.78, 5) is 46.6. The Labute approximate surface area is 191 Å². The molecule has 2 aliphatic rings. The van der Waals surface area contributed by atoms with Crippen molar-refractivity contribution in [3.8, 4) is 0 Å². The molecule has 2 aliphatic heterocycles. The Kier molecular flexibility index (Phi) is 5.83. The normalized spacial score (nSPS) is 21.0. The highest BCUT2D eigenvalue weighted by atomic mass is 35.5. The van der Waals surface area contributed by atoms with E-state index in [2.05, 4.69) is 24.8 Å². The zero-order valence-electron chi connectivity index (χ0n) is 15.2. The molecule has 1 saturated heterocycles. The van der Waals surface area contributed by atoms with Crippen molar-refractivity contribution >= 4 is 74.9 Å². The van der Waals surface area contributed by atoms with Gasteiger partial charge in [0.1, 0.15) is 16.1 Å². The van der Waals surface area contributed by atoms with Gasteiger partial charge >= 0.3 is 5.97 Å². The SMILES string of the molecule is Nc1nc(/C(=N/O)C(=O)N[C@@H]2C(=O)N3C(C(=O)O)=C(Sc4ncc(Cl)s4)CCC23)ns1. The molecule has 2 aromatic rings. The van der Waals surface area contributed by atoms with Gasteiger partial charge in [0.05, 0.1) is 12.2 Å². The van der Waals surface area contributed by atoms with Crippen molar-refractivity contribution < 1.29 is 24.7 Å². The molecule has 0 saturated carbocycles. The summed E-state index contributed by atoms with van der Waals surface area (Å²) >= 11 is 9.04. The number of β-lactam (4-membered cyclic amide) rings is 1. The smallest absolute Gasteiger partial charge is 0.353 e. The highest BCUT2D eigenvalue weighted by Gasteiger charge is 2.54. The van der Waals surface area contributed by atoms with E-state index in [0.717, 1.165) is 28.2 Å².